The number of carbonyl (C=O) groups is 1. The summed E-state index contributed by atoms with van der Waals surface area (Å²) in [5.74, 6) is 0.644. The Bertz CT molecular complexity index is 495. The summed E-state index contributed by atoms with van der Waals surface area (Å²) in [6.45, 7) is 7.90. The van der Waals surface area contributed by atoms with Gasteiger partial charge in [0.1, 0.15) is 0 Å². The minimum atomic E-state index is -0.0129. The summed E-state index contributed by atoms with van der Waals surface area (Å²) in [7, 11) is 1.71. The van der Waals surface area contributed by atoms with Crippen molar-refractivity contribution in [3.63, 3.8) is 0 Å². The van der Waals surface area contributed by atoms with Gasteiger partial charge < -0.3 is 20.9 Å². The van der Waals surface area contributed by atoms with E-state index in [2.05, 4.69) is 57.0 Å². The SMILES string of the molecule is CCCNC(=O)CNC(=NC)NCCCN(CC)c1ccccc1.I. The lowest BCUT2D eigenvalue weighted by Gasteiger charge is -2.23. The molecule has 1 aromatic carbocycles. The fraction of sp³-hybridized carbons (Fsp3) is 0.556. The van der Waals surface area contributed by atoms with E-state index < -0.39 is 0 Å². The van der Waals surface area contributed by atoms with Crippen LogP contribution in [0.2, 0.25) is 0 Å². The highest BCUT2D eigenvalue weighted by Crippen LogP contribution is 2.12. The maximum Gasteiger partial charge on any atom is 0.239 e. The van der Waals surface area contributed by atoms with Crippen molar-refractivity contribution in [2.75, 3.05) is 44.7 Å². The fourth-order valence-corrected chi connectivity index (χ4v) is 2.30. The van der Waals surface area contributed by atoms with Crippen molar-refractivity contribution in [1.82, 2.24) is 16.0 Å². The summed E-state index contributed by atoms with van der Waals surface area (Å²) in [4.78, 5) is 18.1. The largest absolute Gasteiger partial charge is 0.372 e. The summed E-state index contributed by atoms with van der Waals surface area (Å²) < 4.78 is 0. The molecule has 7 heteroatoms. The molecule has 0 aromatic heterocycles. The molecule has 3 N–H and O–H groups in total. The zero-order valence-corrected chi connectivity index (χ0v) is 17.9. The predicted molar refractivity (Wildman–Crippen MR) is 117 cm³/mol. The van der Waals surface area contributed by atoms with Crippen LogP contribution in [-0.2, 0) is 4.79 Å². The minimum absolute atomic E-state index is 0. The van der Waals surface area contributed by atoms with Crippen molar-refractivity contribution < 1.29 is 4.79 Å². The van der Waals surface area contributed by atoms with Crippen LogP contribution in [0.15, 0.2) is 35.3 Å². The third-order valence-electron chi connectivity index (χ3n) is 3.61. The van der Waals surface area contributed by atoms with Crippen molar-refractivity contribution in [3.8, 4) is 0 Å². The Balaban J connectivity index is 0.00000576. The molecule has 6 nitrogen and oxygen atoms in total. The minimum Gasteiger partial charge on any atom is -0.372 e. The van der Waals surface area contributed by atoms with Crippen molar-refractivity contribution in [2.45, 2.75) is 26.7 Å². The molecule has 0 bridgehead atoms. The van der Waals surface area contributed by atoms with Gasteiger partial charge >= 0.3 is 0 Å². The van der Waals surface area contributed by atoms with Gasteiger partial charge in [0.2, 0.25) is 5.91 Å². The number of rotatable bonds is 10. The second-order valence-corrected chi connectivity index (χ2v) is 5.47. The number of hydrogen-bond acceptors (Lipinski definition) is 3. The Labute approximate surface area is 168 Å². The average Bonchev–Trinajstić information content (AvgIpc) is 2.63. The van der Waals surface area contributed by atoms with Crippen LogP contribution in [0.1, 0.15) is 26.7 Å². The molecule has 0 saturated carbocycles. The summed E-state index contributed by atoms with van der Waals surface area (Å²) in [6, 6.07) is 10.4. The molecule has 0 aliphatic carbocycles. The smallest absolute Gasteiger partial charge is 0.239 e. The Kier molecular flexibility index (Phi) is 13.9. The number of para-hydroxylation sites is 1. The van der Waals surface area contributed by atoms with Crippen LogP contribution in [0.25, 0.3) is 0 Å². The maximum atomic E-state index is 11.6. The van der Waals surface area contributed by atoms with E-state index in [-0.39, 0.29) is 36.4 Å². The Morgan fingerprint density at radius 1 is 1.08 bits per heavy atom. The number of guanidine groups is 1. The Hall–Kier alpha value is -1.51. The van der Waals surface area contributed by atoms with Crippen molar-refractivity contribution in [1.29, 1.82) is 0 Å². The standard InChI is InChI=1S/C18H31N5O.HI/c1-4-12-20-17(24)15-22-18(19-3)21-13-9-14-23(5-2)16-10-7-6-8-11-16;/h6-8,10-11H,4-5,9,12-15H2,1-3H3,(H,20,24)(H2,19,21,22);1H. The molecule has 142 valence electrons. The second kappa shape index (κ2) is 14.8. The van der Waals surface area contributed by atoms with Crippen LogP contribution in [0.4, 0.5) is 5.69 Å². The molecule has 1 aromatic rings. The zero-order valence-electron chi connectivity index (χ0n) is 15.5. The van der Waals surface area contributed by atoms with E-state index in [1.54, 1.807) is 7.05 Å². The van der Waals surface area contributed by atoms with Gasteiger partial charge in [-0.05, 0) is 31.9 Å². The van der Waals surface area contributed by atoms with Gasteiger partial charge in [0.25, 0.3) is 0 Å². The van der Waals surface area contributed by atoms with Crippen molar-refractivity contribution >= 4 is 41.5 Å². The van der Waals surface area contributed by atoms with Gasteiger partial charge in [-0.15, -0.1) is 24.0 Å². The summed E-state index contributed by atoms with van der Waals surface area (Å²) >= 11 is 0. The van der Waals surface area contributed by atoms with E-state index >= 15 is 0 Å². The highest BCUT2D eigenvalue weighted by atomic mass is 127. The van der Waals surface area contributed by atoms with E-state index in [0.29, 0.717) is 12.5 Å². The number of amides is 1. The van der Waals surface area contributed by atoms with E-state index in [0.717, 1.165) is 32.5 Å². The molecule has 0 saturated heterocycles. The first-order chi connectivity index (χ1) is 11.7. The Morgan fingerprint density at radius 2 is 1.80 bits per heavy atom. The molecule has 1 amide bonds. The number of hydrogen-bond donors (Lipinski definition) is 3. The second-order valence-electron chi connectivity index (χ2n) is 5.47. The number of aliphatic imine (C=N–C) groups is 1. The summed E-state index contributed by atoms with van der Waals surface area (Å²) in [6.07, 6.45) is 1.93. The molecule has 0 fully saturated rings. The molecule has 25 heavy (non-hydrogen) atoms. The molecule has 0 radical (unpaired) electrons. The topological polar surface area (TPSA) is 68.8 Å². The molecule has 0 spiro atoms. The first kappa shape index (κ1) is 23.5. The molecule has 1 rings (SSSR count). The van der Waals surface area contributed by atoms with Gasteiger partial charge in [-0.1, -0.05) is 25.1 Å². The van der Waals surface area contributed by atoms with Crippen molar-refractivity contribution in [3.05, 3.63) is 30.3 Å². The van der Waals surface area contributed by atoms with Gasteiger partial charge in [0.15, 0.2) is 5.96 Å². The van der Waals surface area contributed by atoms with Crippen LogP contribution in [0, 0.1) is 0 Å². The number of nitrogens with zero attached hydrogens (tertiary/aromatic N) is 2. The van der Waals surface area contributed by atoms with Crippen LogP contribution in [-0.4, -0.2) is 51.6 Å². The van der Waals surface area contributed by atoms with E-state index in [9.17, 15) is 4.79 Å². The van der Waals surface area contributed by atoms with Crippen molar-refractivity contribution in [2.24, 2.45) is 4.99 Å². The van der Waals surface area contributed by atoms with Gasteiger partial charge in [-0.2, -0.15) is 0 Å². The Morgan fingerprint density at radius 3 is 2.40 bits per heavy atom. The molecule has 0 unspecified atom stereocenters. The normalized spacial score (nSPS) is 10.6. The molecule has 0 aliphatic rings. The lowest BCUT2D eigenvalue weighted by atomic mass is 10.2. The predicted octanol–water partition coefficient (Wildman–Crippen LogP) is 2.21. The van der Waals surface area contributed by atoms with Gasteiger partial charge in [-0.25, -0.2) is 0 Å². The number of nitrogens with one attached hydrogen (secondary N) is 3. The monoisotopic (exact) mass is 461 g/mol. The molecule has 0 aliphatic heterocycles. The van der Waals surface area contributed by atoms with Gasteiger partial charge in [-0.3, -0.25) is 9.79 Å². The van der Waals surface area contributed by atoms with E-state index in [1.165, 1.54) is 5.69 Å². The van der Waals surface area contributed by atoms with Crippen LogP contribution < -0.4 is 20.9 Å². The quantitative estimate of drug-likeness (QED) is 0.216. The lowest BCUT2D eigenvalue weighted by molar-refractivity contribution is -0.120. The van der Waals surface area contributed by atoms with Gasteiger partial charge in [0, 0.05) is 38.9 Å². The fourth-order valence-electron chi connectivity index (χ4n) is 2.30. The van der Waals surface area contributed by atoms with Crippen LogP contribution >= 0.6 is 24.0 Å². The van der Waals surface area contributed by atoms with Crippen LogP contribution in [0.3, 0.4) is 0 Å². The summed E-state index contributed by atoms with van der Waals surface area (Å²) in [5.41, 5.74) is 1.25. The molecule has 0 atom stereocenters. The third-order valence-corrected chi connectivity index (χ3v) is 3.61. The number of anilines is 1. The van der Waals surface area contributed by atoms with E-state index in [1.807, 2.05) is 13.0 Å². The van der Waals surface area contributed by atoms with Gasteiger partial charge in [0.05, 0.1) is 6.54 Å². The first-order valence-corrected chi connectivity index (χ1v) is 8.72. The first-order valence-electron chi connectivity index (χ1n) is 8.72. The summed E-state index contributed by atoms with van der Waals surface area (Å²) in [5, 5.41) is 9.10. The number of benzene rings is 1. The zero-order chi connectivity index (χ0) is 17.6. The lowest BCUT2D eigenvalue weighted by Crippen LogP contribution is -2.43. The molecule has 0 heterocycles. The third kappa shape index (κ3) is 10.2. The highest BCUT2D eigenvalue weighted by molar-refractivity contribution is 14.0. The molecular weight excluding hydrogens is 429 g/mol. The van der Waals surface area contributed by atoms with Crippen LogP contribution in [0.5, 0.6) is 0 Å². The highest BCUT2D eigenvalue weighted by Gasteiger charge is 2.05. The average molecular weight is 461 g/mol. The van der Waals surface area contributed by atoms with E-state index in [4.69, 9.17) is 0 Å². The molecular formula is C18H32IN5O. The number of carbonyl (C=O) groups excluding carboxylic acids is 1. The maximum absolute atomic E-state index is 11.6. The number of halogens is 1.